The molecule has 0 bridgehead atoms. The van der Waals surface area contributed by atoms with Gasteiger partial charge in [0.25, 0.3) is 0 Å². The highest BCUT2D eigenvalue weighted by molar-refractivity contribution is 7.10. The summed E-state index contributed by atoms with van der Waals surface area (Å²) in [6.07, 6.45) is 4.70. The van der Waals surface area contributed by atoms with E-state index in [0.717, 1.165) is 58.3 Å². The van der Waals surface area contributed by atoms with Gasteiger partial charge in [-0.3, -0.25) is 14.5 Å². The van der Waals surface area contributed by atoms with Crippen LogP contribution in [0.15, 0.2) is 11.4 Å². The number of aliphatic carboxylic acids is 1. The van der Waals surface area contributed by atoms with Crippen LogP contribution in [0.2, 0.25) is 0 Å². The van der Waals surface area contributed by atoms with E-state index in [1.54, 1.807) is 11.3 Å². The molecule has 0 radical (unpaired) electrons. The molecule has 1 spiro atoms. The van der Waals surface area contributed by atoms with E-state index in [9.17, 15) is 14.7 Å². The van der Waals surface area contributed by atoms with Crippen LogP contribution in [0.4, 0.5) is 0 Å². The Bertz CT molecular complexity index is 674. The van der Waals surface area contributed by atoms with Crippen molar-refractivity contribution in [2.45, 2.75) is 51.6 Å². The van der Waals surface area contributed by atoms with Gasteiger partial charge in [0.05, 0.1) is 0 Å². The van der Waals surface area contributed by atoms with Gasteiger partial charge in [-0.25, -0.2) is 0 Å². The largest absolute Gasteiger partial charge is 0.480 e. The summed E-state index contributed by atoms with van der Waals surface area (Å²) in [6.45, 7) is 5.26. The molecule has 25 heavy (non-hydrogen) atoms. The third-order valence-corrected chi connectivity index (χ3v) is 7.28. The predicted molar refractivity (Wildman–Crippen MR) is 96.5 cm³/mol. The van der Waals surface area contributed by atoms with Crippen LogP contribution in [0.1, 0.15) is 42.5 Å². The molecule has 1 aromatic heterocycles. The second-order valence-corrected chi connectivity index (χ2v) is 9.09. The molecule has 1 aromatic rings. The second kappa shape index (κ2) is 6.40. The zero-order chi connectivity index (χ0) is 17.6. The van der Waals surface area contributed by atoms with Gasteiger partial charge >= 0.3 is 5.97 Å². The standard InChI is InChI=1S/C19H26N2O3S/c1-13-4-9-25-16(13)11-21-12-19(10-15(21)18(23)24)5-7-20(8-6-19)17(22)14-2-3-14/h4,9,14-15H,2-3,5-8,10-12H2,1H3,(H,23,24)/t15-/m0/s1. The Labute approximate surface area is 152 Å². The van der Waals surface area contributed by atoms with Crippen LogP contribution in [0.25, 0.3) is 0 Å². The molecule has 136 valence electrons. The summed E-state index contributed by atoms with van der Waals surface area (Å²) < 4.78 is 0. The second-order valence-electron chi connectivity index (χ2n) is 8.09. The number of hydrogen-bond donors (Lipinski definition) is 1. The number of thiophene rings is 1. The van der Waals surface area contributed by atoms with E-state index >= 15 is 0 Å². The highest BCUT2D eigenvalue weighted by Crippen LogP contribution is 2.45. The average Bonchev–Trinajstić information content (AvgIpc) is 3.28. The van der Waals surface area contributed by atoms with E-state index in [1.807, 2.05) is 4.90 Å². The molecule has 5 nitrogen and oxygen atoms in total. The molecule has 0 aromatic carbocycles. The summed E-state index contributed by atoms with van der Waals surface area (Å²) in [6, 6.07) is 1.70. The topological polar surface area (TPSA) is 60.9 Å². The van der Waals surface area contributed by atoms with E-state index in [-0.39, 0.29) is 11.3 Å². The Balaban J connectivity index is 1.44. The third kappa shape index (κ3) is 3.34. The van der Waals surface area contributed by atoms with Crippen LogP contribution in [-0.2, 0) is 16.1 Å². The SMILES string of the molecule is Cc1ccsc1CN1CC2(CCN(C(=O)C3CC3)CC2)C[C@H]1C(=O)O. The maximum absolute atomic E-state index is 12.3. The van der Waals surface area contributed by atoms with Gasteiger partial charge in [0.1, 0.15) is 6.04 Å². The number of likely N-dealkylation sites (tertiary alicyclic amines) is 2. The minimum absolute atomic E-state index is 0.0640. The molecule has 2 aliphatic heterocycles. The number of amides is 1. The van der Waals surface area contributed by atoms with Crippen LogP contribution in [-0.4, -0.2) is 52.5 Å². The molecule has 2 saturated heterocycles. The predicted octanol–water partition coefficient (Wildman–Crippen LogP) is 2.73. The lowest BCUT2D eigenvalue weighted by Crippen LogP contribution is -2.44. The van der Waals surface area contributed by atoms with Crippen LogP contribution in [0, 0.1) is 18.3 Å². The lowest BCUT2D eigenvalue weighted by Gasteiger charge is -2.39. The Morgan fingerprint density at radius 3 is 2.60 bits per heavy atom. The van der Waals surface area contributed by atoms with Gasteiger partial charge in [0.2, 0.25) is 5.91 Å². The van der Waals surface area contributed by atoms with Gasteiger partial charge < -0.3 is 10.0 Å². The average molecular weight is 362 g/mol. The molecule has 3 aliphatic rings. The molecule has 4 rings (SSSR count). The smallest absolute Gasteiger partial charge is 0.320 e. The number of carbonyl (C=O) groups is 2. The Morgan fingerprint density at radius 2 is 2.04 bits per heavy atom. The number of piperidine rings is 1. The van der Waals surface area contributed by atoms with E-state index in [1.165, 1.54) is 10.4 Å². The van der Waals surface area contributed by atoms with Gasteiger partial charge in [0.15, 0.2) is 0 Å². The molecule has 3 fully saturated rings. The first kappa shape index (κ1) is 17.0. The minimum atomic E-state index is -0.706. The first-order valence-electron chi connectivity index (χ1n) is 9.26. The van der Waals surface area contributed by atoms with Crippen LogP contribution >= 0.6 is 11.3 Å². The van der Waals surface area contributed by atoms with Crippen molar-refractivity contribution in [1.29, 1.82) is 0 Å². The number of hydrogen-bond acceptors (Lipinski definition) is 4. The fourth-order valence-electron chi connectivity index (χ4n) is 4.46. The number of carbonyl (C=O) groups excluding carboxylic acids is 1. The van der Waals surface area contributed by atoms with Crippen molar-refractivity contribution < 1.29 is 14.7 Å². The van der Waals surface area contributed by atoms with Crippen LogP contribution in [0.5, 0.6) is 0 Å². The number of carboxylic acid groups (broad SMARTS) is 1. The van der Waals surface area contributed by atoms with E-state index in [2.05, 4.69) is 23.3 Å². The fraction of sp³-hybridized carbons (Fsp3) is 0.684. The molecule has 1 N–H and O–H groups in total. The van der Waals surface area contributed by atoms with E-state index < -0.39 is 12.0 Å². The van der Waals surface area contributed by atoms with Crippen molar-refractivity contribution in [1.82, 2.24) is 9.80 Å². The normalized spacial score (nSPS) is 26.3. The van der Waals surface area contributed by atoms with Crippen molar-refractivity contribution >= 4 is 23.2 Å². The van der Waals surface area contributed by atoms with Crippen LogP contribution in [0.3, 0.4) is 0 Å². The maximum Gasteiger partial charge on any atom is 0.320 e. The highest BCUT2D eigenvalue weighted by atomic mass is 32.1. The summed E-state index contributed by atoms with van der Waals surface area (Å²) in [5, 5.41) is 11.8. The first-order valence-corrected chi connectivity index (χ1v) is 10.1. The van der Waals surface area contributed by atoms with Crippen molar-refractivity contribution in [2.75, 3.05) is 19.6 Å². The summed E-state index contributed by atoms with van der Waals surface area (Å²) in [5.41, 5.74) is 1.31. The van der Waals surface area contributed by atoms with Crippen LogP contribution < -0.4 is 0 Å². The highest BCUT2D eigenvalue weighted by Gasteiger charge is 2.49. The van der Waals surface area contributed by atoms with Gasteiger partial charge in [-0.05, 0) is 61.5 Å². The van der Waals surface area contributed by atoms with E-state index in [0.29, 0.717) is 5.91 Å². The molecule has 1 amide bonds. The molecule has 1 atom stereocenters. The van der Waals surface area contributed by atoms with Crippen molar-refractivity contribution in [2.24, 2.45) is 11.3 Å². The van der Waals surface area contributed by atoms with Gasteiger partial charge in [-0.15, -0.1) is 11.3 Å². The molecule has 1 saturated carbocycles. The number of nitrogens with zero attached hydrogens (tertiary/aromatic N) is 2. The fourth-order valence-corrected chi connectivity index (χ4v) is 5.39. The molecular weight excluding hydrogens is 336 g/mol. The summed E-state index contributed by atoms with van der Waals surface area (Å²) >= 11 is 1.71. The van der Waals surface area contributed by atoms with E-state index in [4.69, 9.17) is 0 Å². The summed E-state index contributed by atoms with van der Waals surface area (Å²) in [7, 11) is 0. The molecule has 6 heteroatoms. The molecule has 0 unspecified atom stereocenters. The van der Waals surface area contributed by atoms with Crippen molar-refractivity contribution in [3.05, 3.63) is 21.9 Å². The number of rotatable bonds is 4. The Morgan fingerprint density at radius 1 is 1.32 bits per heavy atom. The van der Waals surface area contributed by atoms with Gasteiger partial charge in [-0.1, -0.05) is 0 Å². The molecule has 1 aliphatic carbocycles. The molecular formula is C19H26N2O3S. The van der Waals surface area contributed by atoms with Gasteiger partial charge in [0, 0.05) is 37.0 Å². The lowest BCUT2D eigenvalue weighted by atomic mass is 9.76. The summed E-state index contributed by atoms with van der Waals surface area (Å²) in [5.74, 6) is -0.0982. The summed E-state index contributed by atoms with van der Waals surface area (Å²) in [4.78, 5) is 29.5. The quantitative estimate of drug-likeness (QED) is 0.895. The first-order chi connectivity index (χ1) is 12.0. The zero-order valence-corrected chi connectivity index (χ0v) is 15.6. The van der Waals surface area contributed by atoms with Crippen molar-refractivity contribution in [3.8, 4) is 0 Å². The Hall–Kier alpha value is -1.40. The minimum Gasteiger partial charge on any atom is -0.480 e. The van der Waals surface area contributed by atoms with Gasteiger partial charge in [-0.2, -0.15) is 0 Å². The third-order valence-electron chi connectivity index (χ3n) is 6.27. The lowest BCUT2D eigenvalue weighted by molar-refractivity contribution is -0.142. The van der Waals surface area contributed by atoms with Crippen molar-refractivity contribution in [3.63, 3.8) is 0 Å². The number of carboxylic acids is 1. The molecule has 3 heterocycles. The number of aryl methyl sites for hydroxylation is 1. The zero-order valence-electron chi connectivity index (χ0n) is 14.7. The Kier molecular flexibility index (Phi) is 4.36. The maximum atomic E-state index is 12.3. The monoisotopic (exact) mass is 362 g/mol.